The molecule has 0 aliphatic heterocycles. The van der Waals surface area contributed by atoms with E-state index < -0.39 is 5.95 Å². The number of thioether (sulfide) groups is 1. The van der Waals surface area contributed by atoms with Crippen LogP contribution in [-0.2, 0) is 0 Å². The third-order valence-corrected chi connectivity index (χ3v) is 2.09. The van der Waals surface area contributed by atoms with Gasteiger partial charge in [-0.15, -0.1) is 11.8 Å². The lowest BCUT2D eigenvalue weighted by Crippen LogP contribution is -1.97. The van der Waals surface area contributed by atoms with Crippen LogP contribution in [0, 0.1) is 5.95 Å². The van der Waals surface area contributed by atoms with Gasteiger partial charge in [0.15, 0.2) is 5.75 Å². The number of ether oxygens (including phenoxy) is 1. The Labute approximate surface area is 75.1 Å². The summed E-state index contributed by atoms with van der Waals surface area (Å²) in [4.78, 5) is 4.28. The maximum Gasteiger partial charge on any atom is 0.256 e. The minimum absolute atomic E-state index is 0.257. The van der Waals surface area contributed by atoms with Crippen molar-refractivity contribution in [1.82, 2.24) is 4.98 Å². The Hall–Kier alpha value is -0.770. The van der Waals surface area contributed by atoms with Crippen LogP contribution in [0.3, 0.4) is 0 Å². The summed E-state index contributed by atoms with van der Waals surface area (Å²) in [5, 5.41) is 0. The van der Waals surface area contributed by atoms with Crippen LogP contribution >= 0.6 is 11.8 Å². The van der Waals surface area contributed by atoms with Gasteiger partial charge in [-0.3, -0.25) is 0 Å². The van der Waals surface area contributed by atoms with Gasteiger partial charge < -0.3 is 4.74 Å². The molecule has 0 atom stereocenters. The molecule has 0 aromatic carbocycles. The van der Waals surface area contributed by atoms with Crippen LogP contribution in [0.15, 0.2) is 17.2 Å². The summed E-state index contributed by atoms with van der Waals surface area (Å²) in [5.74, 6) is -0.281. The summed E-state index contributed by atoms with van der Waals surface area (Å²) in [5.41, 5.74) is 0. The SMILES string of the molecule is CCOc1c(SC)ccnc1F. The van der Waals surface area contributed by atoms with E-state index in [4.69, 9.17) is 4.74 Å². The number of hydrogen-bond acceptors (Lipinski definition) is 3. The van der Waals surface area contributed by atoms with Crippen molar-refractivity contribution in [2.45, 2.75) is 11.8 Å². The first-order valence-corrected chi connectivity index (χ1v) is 4.83. The van der Waals surface area contributed by atoms with Gasteiger partial charge in [0.1, 0.15) is 0 Å². The monoisotopic (exact) mass is 187 g/mol. The van der Waals surface area contributed by atoms with Gasteiger partial charge in [-0.25, -0.2) is 4.98 Å². The fourth-order valence-corrected chi connectivity index (χ4v) is 1.37. The Morgan fingerprint density at radius 3 is 3.00 bits per heavy atom. The van der Waals surface area contributed by atoms with Crippen LogP contribution in [0.25, 0.3) is 0 Å². The fraction of sp³-hybridized carbons (Fsp3) is 0.375. The molecule has 12 heavy (non-hydrogen) atoms. The van der Waals surface area contributed by atoms with E-state index in [0.29, 0.717) is 6.61 Å². The summed E-state index contributed by atoms with van der Waals surface area (Å²) < 4.78 is 18.1. The summed E-state index contributed by atoms with van der Waals surface area (Å²) in [6, 6.07) is 1.73. The highest BCUT2D eigenvalue weighted by molar-refractivity contribution is 7.98. The molecule has 1 heterocycles. The zero-order valence-corrected chi connectivity index (χ0v) is 7.82. The minimum Gasteiger partial charge on any atom is -0.488 e. The average molecular weight is 187 g/mol. The molecule has 1 aromatic heterocycles. The second kappa shape index (κ2) is 4.30. The number of halogens is 1. The van der Waals surface area contributed by atoms with Gasteiger partial charge in [0, 0.05) is 6.20 Å². The van der Waals surface area contributed by atoms with Crippen molar-refractivity contribution in [3.63, 3.8) is 0 Å². The lowest BCUT2D eigenvalue weighted by atomic mass is 10.4. The molecule has 4 heteroatoms. The molecule has 0 bridgehead atoms. The lowest BCUT2D eigenvalue weighted by Gasteiger charge is -2.07. The predicted molar refractivity (Wildman–Crippen MR) is 47.1 cm³/mol. The van der Waals surface area contributed by atoms with E-state index in [-0.39, 0.29) is 5.75 Å². The summed E-state index contributed by atoms with van der Waals surface area (Å²) in [7, 11) is 0. The number of nitrogens with zero attached hydrogens (tertiary/aromatic N) is 1. The van der Waals surface area contributed by atoms with Crippen LogP contribution in [0.1, 0.15) is 6.92 Å². The van der Waals surface area contributed by atoms with Crippen LogP contribution in [0.4, 0.5) is 4.39 Å². The molecule has 0 aliphatic carbocycles. The molecule has 0 radical (unpaired) electrons. The normalized spacial score (nSPS) is 9.92. The van der Waals surface area contributed by atoms with Gasteiger partial charge in [-0.2, -0.15) is 4.39 Å². The molecule has 0 saturated heterocycles. The molecule has 66 valence electrons. The fourth-order valence-electron chi connectivity index (χ4n) is 0.842. The topological polar surface area (TPSA) is 22.1 Å². The zero-order chi connectivity index (χ0) is 8.97. The molecular formula is C8H10FNOS. The van der Waals surface area contributed by atoms with E-state index in [1.54, 1.807) is 6.07 Å². The van der Waals surface area contributed by atoms with E-state index in [0.717, 1.165) is 4.90 Å². The van der Waals surface area contributed by atoms with E-state index in [1.165, 1.54) is 18.0 Å². The van der Waals surface area contributed by atoms with Crippen molar-refractivity contribution >= 4 is 11.8 Å². The third-order valence-electron chi connectivity index (χ3n) is 1.33. The van der Waals surface area contributed by atoms with Gasteiger partial charge in [0.2, 0.25) is 0 Å². The van der Waals surface area contributed by atoms with Gasteiger partial charge in [0.25, 0.3) is 5.95 Å². The van der Waals surface area contributed by atoms with E-state index in [1.807, 2.05) is 13.2 Å². The number of aromatic nitrogens is 1. The first-order chi connectivity index (χ1) is 5.79. The number of rotatable bonds is 3. The molecule has 0 amide bonds. The first kappa shape index (κ1) is 9.32. The standard InChI is InChI=1S/C8H10FNOS/c1-3-11-7-6(12-2)4-5-10-8(7)9/h4-5H,3H2,1-2H3. The zero-order valence-electron chi connectivity index (χ0n) is 7.00. The lowest BCUT2D eigenvalue weighted by molar-refractivity contribution is 0.307. The maximum absolute atomic E-state index is 13.0. The molecule has 0 fully saturated rings. The van der Waals surface area contributed by atoms with Crippen LogP contribution in [0.5, 0.6) is 5.75 Å². The first-order valence-electron chi connectivity index (χ1n) is 3.61. The molecule has 1 aromatic rings. The van der Waals surface area contributed by atoms with Gasteiger partial charge >= 0.3 is 0 Å². The Morgan fingerprint density at radius 1 is 1.67 bits per heavy atom. The van der Waals surface area contributed by atoms with Crippen molar-refractivity contribution < 1.29 is 9.13 Å². The quantitative estimate of drug-likeness (QED) is 0.535. The Balaban J connectivity index is 3.02. The summed E-state index contributed by atoms with van der Waals surface area (Å²) in [6.45, 7) is 2.27. The predicted octanol–water partition coefficient (Wildman–Crippen LogP) is 2.34. The molecule has 0 spiro atoms. The van der Waals surface area contributed by atoms with Crippen molar-refractivity contribution in [3.8, 4) is 5.75 Å². The van der Waals surface area contributed by atoms with Crippen LogP contribution < -0.4 is 4.74 Å². The van der Waals surface area contributed by atoms with Crippen molar-refractivity contribution in [1.29, 1.82) is 0 Å². The summed E-state index contributed by atoms with van der Waals surface area (Å²) >= 11 is 1.44. The number of pyridine rings is 1. The second-order valence-corrected chi connectivity index (χ2v) is 2.91. The molecule has 2 nitrogen and oxygen atoms in total. The minimum atomic E-state index is -0.538. The highest BCUT2D eigenvalue weighted by atomic mass is 32.2. The highest BCUT2D eigenvalue weighted by Crippen LogP contribution is 2.28. The van der Waals surface area contributed by atoms with E-state index >= 15 is 0 Å². The molecule has 0 aliphatic rings. The summed E-state index contributed by atoms with van der Waals surface area (Å²) in [6.07, 6.45) is 3.31. The second-order valence-electron chi connectivity index (χ2n) is 2.07. The van der Waals surface area contributed by atoms with E-state index in [2.05, 4.69) is 4.98 Å². The molecule has 1 rings (SSSR count). The Morgan fingerprint density at radius 2 is 2.42 bits per heavy atom. The Bertz CT molecular complexity index is 267. The Kier molecular flexibility index (Phi) is 3.34. The molecule has 0 unspecified atom stereocenters. The smallest absolute Gasteiger partial charge is 0.256 e. The van der Waals surface area contributed by atoms with Gasteiger partial charge in [-0.1, -0.05) is 0 Å². The molecule has 0 saturated carbocycles. The largest absolute Gasteiger partial charge is 0.488 e. The van der Waals surface area contributed by atoms with Gasteiger partial charge in [0.05, 0.1) is 11.5 Å². The van der Waals surface area contributed by atoms with Crippen LogP contribution in [-0.4, -0.2) is 17.8 Å². The third kappa shape index (κ3) is 1.88. The maximum atomic E-state index is 13.0. The van der Waals surface area contributed by atoms with Crippen molar-refractivity contribution in [2.75, 3.05) is 12.9 Å². The molecule has 0 N–H and O–H groups in total. The van der Waals surface area contributed by atoms with Crippen molar-refractivity contribution in [3.05, 3.63) is 18.2 Å². The number of hydrogen-bond donors (Lipinski definition) is 0. The van der Waals surface area contributed by atoms with Gasteiger partial charge in [-0.05, 0) is 19.2 Å². The van der Waals surface area contributed by atoms with Crippen molar-refractivity contribution in [2.24, 2.45) is 0 Å². The molecular weight excluding hydrogens is 177 g/mol. The van der Waals surface area contributed by atoms with Crippen LogP contribution in [0.2, 0.25) is 0 Å². The average Bonchev–Trinajstić information content (AvgIpc) is 2.09. The van der Waals surface area contributed by atoms with E-state index in [9.17, 15) is 4.39 Å². The highest BCUT2D eigenvalue weighted by Gasteiger charge is 2.08.